The van der Waals surface area contributed by atoms with Crippen molar-refractivity contribution in [3.8, 4) is 0 Å². The highest BCUT2D eigenvalue weighted by molar-refractivity contribution is 4.73. The lowest BCUT2D eigenvalue weighted by Gasteiger charge is -2.32. The maximum Gasteiger partial charge on any atom is 0.0595 e. The average Bonchev–Trinajstić information content (AvgIpc) is 2.04. The third kappa shape index (κ3) is 3.09. The van der Waals surface area contributed by atoms with Gasteiger partial charge in [-0.2, -0.15) is 0 Å². The van der Waals surface area contributed by atoms with E-state index in [1.165, 1.54) is 12.8 Å². The quantitative estimate of drug-likeness (QED) is 0.632. The summed E-state index contributed by atoms with van der Waals surface area (Å²) in [6.07, 6.45) is 2.62. The van der Waals surface area contributed by atoms with E-state index in [1.54, 1.807) is 0 Å². The van der Waals surface area contributed by atoms with Crippen LogP contribution in [0.1, 0.15) is 19.8 Å². The molecule has 1 fully saturated rings. The zero-order valence-electron chi connectivity index (χ0n) is 7.87. The molecule has 3 N–H and O–H groups in total. The normalized spacial score (nSPS) is 28.8. The van der Waals surface area contributed by atoms with E-state index >= 15 is 0 Å². The predicted molar refractivity (Wildman–Crippen MR) is 49.9 cm³/mol. The number of aliphatic hydroxyl groups is 1. The number of likely N-dealkylation sites (tertiary alicyclic amines) is 1. The van der Waals surface area contributed by atoms with E-state index in [-0.39, 0.29) is 12.6 Å². The number of nitrogens with zero attached hydrogens (tertiary/aromatic N) is 1. The van der Waals surface area contributed by atoms with E-state index < -0.39 is 0 Å². The van der Waals surface area contributed by atoms with Crippen molar-refractivity contribution in [2.75, 3.05) is 26.2 Å². The molecule has 0 bridgehead atoms. The fourth-order valence-corrected chi connectivity index (χ4v) is 1.84. The zero-order valence-corrected chi connectivity index (χ0v) is 7.87. The van der Waals surface area contributed by atoms with Crippen molar-refractivity contribution in [3.63, 3.8) is 0 Å². The van der Waals surface area contributed by atoms with Crippen molar-refractivity contribution in [1.82, 2.24) is 4.90 Å². The van der Waals surface area contributed by atoms with Crippen LogP contribution >= 0.6 is 0 Å². The van der Waals surface area contributed by atoms with Crippen LogP contribution in [0, 0.1) is 5.92 Å². The van der Waals surface area contributed by atoms with E-state index in [4.69, 9.17) is 10.8 Å². The highest BCUT2D eigenvalue weighted by Gasteiger charge is 2.17. The van der Waals surface area contributed by atoms with Crippen LogP contribution in [-0.2, 0) is 0 Å². The summed E-state index contributed by atoms with van der Waals surface area (Å²) in [4.78, 5) is 2.36. The summed E-state index contributed by atoms with van der Waals surface area (Å²) < 4.78 is 0. The van der Waals surface area contributed by atoms with Crippen LogP contribution in [0.25, 0.3) is 0 Å². The highest BCUT2D eigenvalue weighted by atomic mass is 16.3. The lowest BCUT2D eigenvalue weighted by Crippen LogP contribution is -2.43. The molecule has 2 atom stereocenters. The molecule has 0 aromatic heterocycles. The molecule has 12 heavy (non-hydrogen) atoms. The summed E-state index contributed by atoms with van der Waals surface area (Å²) in [6.45, 7) is 5.52. The van der Waals surface area contributed by atoms with Gasteiger partial charge in [0.1, 0.15) is 0 Å². The van der Waals surface area contributed by atoms with Crippen LogP contribution in [0.2, 0.25) is 0 Å². The third-order valence-corrected chi connectivity index (χ3v) is 2.47. The van der Waals surface area contributed by atoms with Gasteiger partial charge in [0.2, 0.25) is 0 Å². The van der Waals surface area contributed by atoms with Crippen molar-refractivity contribution >= 4 is 0 Å². The summed E-state index contributed by atoms with van der Waals surface area (Å²) in [6, 6.07) is -0.0599. The number of aliphatic hydroxyl groups excluding tert-OH is 1. The Labute approximate surface area is 74.5 Å². The molecule has 0 amide bonds. The van der Waals surface area contributed by atoms with E-state index in [1.807, 2.05) is 0 Å². The minimum absolute atomic E-state index is 0.0599. The minimum atomic E-state index is -0.0599. The Balaban J connectivity index is 2.22. The van der Waals surface area contributed by atoms with Crippen molar-refractivity contribution in [3.05, 3.63) is 0 Å². The number of rotatable bonds is 3. The lowest BCUT2D eigenvalue weighted by molar-refractivity contribution is 0.153. The number of nitrogens with two attached hydrogens (primary N) is 1. The van der Waals surface area contributed by atoms with Crippen LogP contribution in [0.4, 0.5) is 0 Å². The summed E-state index contributed by atoms with van der Waals surface area (Å²) in [5, 5.41) is 8.78. The zero-order chi connectivity index (χ0) is 8.97. The third-order valence-electron chi connectivity index (χ3n) is 2.47. The van der Waals surface area contributed by atoms with Crippen LogP contribution in [0.3, 0.4) is 0 Å². The summed E-state index contributed by atoms with van der Waals surface area (Å²) >= 11 is 0. The first-order valence-corrected chi connectivity index (χ1v) is 4.81. The Morgan fingerprint density at radius 2 is 2.42 bits per heavy atom. The van der Waals surface area contributed by atoms with Gasteiger partial charge >= 0.3 is 0 Å². The summed E-state index contributed by atoms with van der Waals surface area (Å²) in [5.41, 5.74) is 5.66. The molecule has 0 spiro atoms. The Hall–Kier alpha value is -0.120. The largest absolute Gasteiger partial charge is 0.395 e. The van der Waals surface area contributed by atoms with E-state index in [9.17, 15) is 0 Å². The molecule has 1 aliphatic rings. The molecule has 2 unspecified atom stereocenters. The van der Waals surface area contributed by atoms with Crippen molar-refractivity contribution in [2.45, 2.75) is 25.8 Å². The molecule has 3 nitrogen and oxygen atoms in total. The Bertz CT molecular complexity index is 130. The van der Waals surface area contributed by atoms with Gasteiger partial charge in [0.05, 0.1) is 6.61 Å². The van der Waals surface area contributed by atoms with Crippen LogP contribution in [0.15, 0.2) is 0 Å². The molecular formula is C9H20N2O. The number of hydrogen-bond donors (Lipinski definition) is 2. The molecule has 0 aliphatic carbocycles. The predicted octanol–water partition coefficient (Wildman–Crippen LogP) is 0.0379. The van der Waals surface area contributed by atoms with Crippen molar-refractivity contribution in [1.29, 1.82) is 0 Å². The summed E-state index contributed by atoms with van der Waals surface area (Å²) in [5.74, 6) is 0.796. The molecule has 0 radical (unpaired) electrons. The number of piperidine rings is 1. The van der Waals surface area contributed by atoms with E-state index in [0.29, 0.717) is 0 Å². The molecule has 1 aliphatic heterocycles. The molecule has 3 heteroatoms. The van der Waals surface area contributed by atoms with Crippen LogP contribution in [-0.4, -0.2) is 42.3 Å². The van der Waals surface area contributed by atoms with Gasteiger partial charge in [0, 0.05) is 19.1 Å². The molecule has 72 valence electrons. The molecule has 0 aromatic carbocycles. The topological polar surface area (TPSA) is 49.5 Å². The van der Waals surface area contributed by atoms with Crippen molar-refractivity contribution < 1.29 is 5.11 Å². The highest BCUT2D eigenvalue weighted by Crippen LogP contribution is 2.14. The van der Waals surface area contributed by atoms with E-state index in [2.05, 4.69) is 11.8 Å². The SMILES string of the molecule is CC1CCCN(CC(N)CO)C1. The second kappa shape index (κ2) is 4.80. The van der Waals surface area contributed by atoms with Gasteiger partial charge < -0.3 is 15.7 Å². The Kier molecular flexibility index (Phi) is 3.98. The van der Waals surface area contributed by atoms with E-state index in [0.717, 1.165) is 25.6 Å². The molecule has 0 aromatic rings. The molecule has 1 saturated heterocycles. The molecule has 1 rings (SSSR count). The molecule has 1 heterocycles. The van der Waals surface area contributed by atoms with Gasteiger partial charge in [-0.1, -0.05) is 6.92 Å². The fourth-order valence-electron chi connectivity index (χ4n) is 1.84. The molecule has 0 saturated carbocycles. The Morgan fingerprint density at radius 3 is 3.00 bits per heavy atom. The fraction of sp³-hybridized carbons (Fsp3) is 1.00. The minimum Gasteiger partial charge on any atom is -0.395 e. The average molecular weight is 172 g/mol. The first-order chi connectivity index (χ1) is 5.72. The number of hydrogen-bond acceptors (Lipinski definition) is 3. The van der Waals surface area contributed by atoms with Gasteiger partial charge in [-0.25, -0.2) is 0 Å². The van der Waals surface area contributed by atoms with Gasteiger partial charge in [0.15, 0.2) is 0 Å². The Morgan fingerprint density at radius 1 is 1.67 bits per heavy atom. The lowest BCUT2D eigenvalue weighted by atomic mass is 10.00. The van der Waals surface area contributed by atoms with Crippen molar-refractivity contribution in [2.24, 2.45) is 11.7 Å². The van der Waals surface area contributed by atoms with Gasteiger partial charge in [-0.3, -0.25) is 0 Å². The van der Waals surface area contributed by atoms with Gasteiger partial charge in [-0.15, -0.1) is 0 Å². The monoisotopic (exact) mass is 172 g/mol. The first kappa shape index (κ1) is 9.96. The standard InChI is InChI=1S/C9H20N2O/c1-8-3-2-4-11(5-8)6-9(10)7-12/h8-9,12H,2-7,10H2,1H3. The summed E-state index contributed by atoms with van der Waals surface area (Å²) in [7, 11) is 0. The second-order valence-electron chi connectivity index (χ2n) is 3.95. The first-order valence-electron chi connectivity index (χ1n) is 4.81. The smallest absolute Gasteiger partial charge is 0.0595 e. The van der Waals surface area contributed by atoms with Crippen LogP contribution in [0.5, 0.6) is 0 Å². The second-order valence-corrected chi connectivity index (χ2v) is 3.95. The van der Waals surface area contributed by atoms with Gasteiger partial charge in [0.25, 0.3) is 0 Å². The maximum absolute atomic E-state index is 8.78. The van der Waals surface area contributed by atoms with Crippen LogP contribution < -0.4 is 5.73 Å². The van der Waals surface area contributed by atoms with Gasteiger partial charge in [-0.05, 0) is 25.3 Å². The maximum atomic E-state index is 8.78. The molecular weight excluding hydrogens is 152 g/mol.